The second-order valence-electron chi connectivity index (χ2n) is 7.21. The number of aryl methyl sites for hydroxylation is 1. The molecule has 5 rings (SSSR count). The Labute approximate surface area is 167 Å². The molecule has 1 aromatic carbocycles. The lowest BCUT2D eigenvalue weighted by Crippen LogP contribution is -2.38. The standard InChI is InChI=1S/C21H20N6O2/c1-14-24-20(29-25-14)18-9-5-6-10-26(18)21(28)15-11-17-19(22-12-15)27(13-23-17)16-7-3-2-4-8-16/h2-4,7-8,11-13,18H,5-6,9-10H2,1H3. The van der Waals surface area contributed by atoms with Crippen LogP contribution in [0.3, 0.4) is 0 Å². The van der Waals surface area contributed by atoms with Gasteiger partial charge in [-0.25, -0.2) is 9.97 Å². The van der Waals surface area contributed by atoms with Crippen LogP contribution in [0.25, 0.3) is 16.9 Å². The molecule has 1 atom stereocenters. The number of carbonyl (C=O) groups excluding carboxylic acids is 1. The zero-order chi connectivity index (χ0) is 19.8. The molecule has 0 N–H and O–H groups in total. The Balaban J connectivity index is 1.47. The molecule has 8 nitrogen and oxygen atoms in total. The summed E-state index contributed by atoms with van der Waals surface area (Å²) < 4.78 is 7.27. The first kappa shape index (κ1) is 17.5. The summed E-state index contributed by atoms with van der Waals surface area (Å²) in [6.45, 7) is 2.43. The van der Waals surface area contributed by atoms with Crippen LogP contribution in [0.4, 0.5) is 0 Å². The van der Waals surface area contributed by atoms with Crippen molar-refractivity contribution >= 4 is 17.1 Å². The molecule has 0 aliphatic carbocycles. The first-order valence-corrected chi connectivity index (χ1v) is 9.70. The highest BCUT2D eigenvalue weighted by Gasteiger charge is 2.32. The van der Waals surface area contributed by atoms with Crippen LogP contribution in [-0.2, 0) is 0 Å². The lowest BCUT2D eigenvalue weighted by molar-refractivity contribution is 0.0561. The molecule has 0 radical (unpaired) electrons. The monoisotopic (exact) mass is 388 g/mol. The van der Waals surface area contributed by atoms with E-state index in [9.17, 15) is 4.79 Å². The second-order valence-corrected chi connectivity index (χ2v) is 7.21. The molecule has 4 aromatic rings. The lowest BCUT2D eigenvalue weighted by atomic mass is 10.0. The molecule has 1 amide bonds. The Morgan fingerprint density at radius 1 is 1.17 bits per heavy atom. The number of hydrogen-bond acceptors (Lipinski definition) is 6. The topological polar surface area (TPSA) is 89.9 Å². The first-order valence-electron chi connectivity index (χ1n) is 9.70. The molecule has 1 fully saturated rings. The largest absolute Gasteiger partial charge is 0.337 e. The van der Waals surface area contributed by atoms with E-state index in [0.717, 1.165) is 30.6 Å². The smallest absolute Gasteiger partial charge is 0.256 e. The summed E-state index contributed by atoms with van der Waals surface area (Å²) in [5, 5.41) is 3.88. The van der Waals surface area contributed by atoms with E-state index in [4.69, 9.17) is 4.52 Å². The number of likely N-dealkylation sites (tertiary alicyclic amines) is 1. The number of nitrogens with zero attached hydrogens (tertiary/aromatic N) is 6. The van der Waals surface area contributed by atoms with Gasteiger partial charge in [-0.05, 0) is 44.4 Å². The average molecular weight is 388 g/mol. The van der Waals surface area contributed by atoms with Gasteiger partial charge in [0.25, 0.3) is 5.91 Å². The van der Waals surface area contributed by atoms with Gasteiger partial charge in [-0.15, -0.1) is 0 Å². The summed E-state index contributed by atoms with van der Waals surface area (Å²) in [6, 6.07) is 11.5. The number of benzene rings is 1. The van der Waals surface area contributed by atoms with Crippen LogP contribution in [0, 0.1) is 6.92 Å². The fourth-order valence-corrected chi connectivity index (χ4v) is 3.84. The Morgan fingerprint density at radius 2 is 2.03 bits per heavy atom. The third-order valence-corrected chi connectivity index (χ3v) is 5.26. The summed E-state index contributed by atoms with van der Waals surface area (Å²) in [5.74, 6) is 0.986. The third kappa shape index (κ3) is 3.16. The Kier molecular flexibility index (Phi) is 4.31. The maximum atomic E-state index is 13.3. The lowest BCUT2D eigenvalue weighted by Gasteiger charge is -2.33. The summed E-state index contributed by atoms with van der Waals surface area (Å²) in [4.78, 5) is 28.4. The molecule has 0 bridgehead atoms. The molecule has 1 aliphatic heterocycles. The molecule has 3 aromatic heterocycles. The van der Waals surface area contributed by atoms with Crippen LogP contribution in [0.1, 0.15) is 47.4 Å². The van der Waals surface area contributed by atoms with Crippen molar-refractivity contribution in [1.82, 2.24) is 29.6 Å². The minimum absolute atomic E-state index is 0.0887. The molecule has 1 unspecified atom stereocenters. The van der Waals surface area contributed by atoms with Crippen molar-refractivity contribution < 1.29 is 9.32 Å². The van der Waals surface area contributed by atoms with Gasteiger partial charge in [-0.3, -0.25) is 9.36 Å². The summed E-state index contributed by atoms with van der Waals surface area (Å²) in [7, 11) is 0. The van der Waals surface area contributed by atoms with Crippen LogP contribution in [-0.4, -0.2) is 42.0 Å². The van der Waals surface area contributed by atoms with E-state index in [1.807, 2.05) is 39.8 Å². The highest BCUT2D eigenvalue weighted by molar-refractivity contribution is 5.96. The Bertz CT molecular complexity index is 1170. The van der Waals surface area contributed by atoms with E-state index in [-0.39, 0.29) is 11.9 Å². The zero-order valence-electron chi connectivity index (χ0n) is 16.0. The number of fused-ring (bicyclic) bond motifs is 1. The predicted molar refractivity (Wildman–Crippen MR) is 106 cm³/mol. The molecule has 1 aliphatic rings. The van der Waals surface area contributed by atoms with E-state index >= 15 is 0 Å². The van der Waals surface area contributed by atoms with Gasteiger partial charge in [0.2, 0.25) is 5.89 Å². The third-order valence-electron chi connectivity index (χ3n) is 5.26. The van der Waals surface area contributed by atoms with Crippen LogP contribution in [0.15, 0.2) is 53.4 Å². The van der Waals surface area contributed by atoms with Crippen LogP contribution in [0.2, 0.25) is 0 Å². The second kappa shape index (κ2) is 7.12. The number of hydrogen-bond donors (Lipinski definition) is 0. The van der Waals surface area contributed by atoms with Crippen molar-refractivity contribution in [2.75, 3.05) is 6.54 Å². The summed E-state index contributed by atoms with van der Waals surface area (Å²) in [6.07, 6.45) is 6.14. The van der Waals surface area contributed by atoms with E-state index in [1.54, 1.807) is 25.5 Å². The van der Waals surface area contributed by atoms with Gasteiger partial charge in [0.05, 0.1) is 5.56 Å². The number of pyridine rings is 1. The van der Waals surface area contributed by atoms with Crippen molar-refractivity contribution in [3.05, 3.63) is 66.2 Å². The van der Waals surface area contributed by atoms with Crippen molar-refractivity contribution in [2.24, 2.45) is 0 Å². The highest BCUT2D eigenvalue weighted by atomic mass is 16.5. The molecular formula is C21H20N6O2. The fraction of sp³-hybridized carbons (Fsp3) is 0.286. The highest BCUT2D eigenvalue weighted by Crippen LogP contribution is 2.31. The van der Waals surface area contributed by atoms with Crippen molar-refractivity contribution in [3.63, 3.8) is 0 Å². The molecular weight excluding hydrogens is 368 g/mol. The zero-order valence-corrected chi connectivity index (χ0v) is 16.0. The minimum Gasteiger partial charge on any atom is -0.337 e. The van der Waals surface area contributed by atoms with Gasteiger partial charge in [-0.1, -0.05) is 23.4 Å². The fourth-order valence-electron chi connectivity index (χ4n) is 3.84. The van der Waals surface area contributed by atoms with E-state index in [2.05, 4.69) is 20.1 Å². The molecule has 29 heavy (non-hydrogen) atoms. The number of aromatic nitrogens is 5. The van der Waals surface area contributed by atoms with Gasteiger partial charge in [0, 0.05) is 18.4 Å². The van der Waals surface area contributed by atoms with E-state index in [0.29, 0.717) is 29.3 Å². The van der Waals surface area contributed by atoms with Gasteiger partial charge in [-0.2, -0.15) is 4.98 Å². The molecule has 0 spiro atoms. The van der Waals surface area contributed by atoms with Gasteiger partial charge < -0.3 is 9.42 Å². The first-order chi connectivity index (χ1) is 14.2. The maximum absolute atomic E-state index is 13.3. The van der Waals surface area contributed by atoms with Crippen molar-refractivity contribution in [2.45, 2.75) is 32.2 Å². The van der Waals surface area contributed by atoms with Gasteiger partial charge >= 0.3 is 0 Å². The number of imidazole rings is 1. The van der Waals surface area contributed by atoms with Crippen LogP contribution < -0.4 is 0 Å². The number of rotatable bonds is 3. The summed E-state index contributed by atoms with van der Waals surface area (Å²) >= 11 is 0. The van der Waals surface area contributed by atoms with E-state index in [1.165, 1.54) is 0 Å². The molecule has 1 saturated heterocycles. The van der Waals surface area contributed by atoms with E-state index < -0.39 is 0 Å². The normalized spacial score (nSPS) is 17.0. The van der Waals surface area contributed by atoms with Gasteiger partial charge in [0.15, 0.2) is 11.5 Å². The van der Waals surface area contributed by atoms with Crippen LogP contribution >= 0.6 is 0 Å². The quantitative estimate of drug-likeness (QED) is 0.534. The predicted octanol–water partition coefficient (Wildman–Crippen LogP) is 3.48. The van der Waals surface area contributed by atoms with Crippen molar-refractivity contribution in [3.8, 4) is 5.69 Å². The molecule has 8 heteroatoms. The van der Waals surface area contributed by atoms with Gasteiger partial charge in [0.1, 0.15) is 17.9 Å². The Morgan fingerprint density at radius 3 is 2.83 bits per heavy atom. The Hall–Kier alpha value is -3.55. The SMILES string of the molecule is Cc1noc(C2CCCCN2C(=O)c2cnc3c(c2)ncn3-c2ccccc2)n1. The molecule has 4 heterocycles. The van der Waals surface area contributed by atoms with Crippen molar-refractivity contribution in [1.29, 1.82) is 0 Å². The number of amides is 1. The minimum atomic E-state index is -0.199. The average Bonchev–Trinajstić information content (AvgIpc) is 3.39. The number of carbonyl (C=O) groups is 1. The molecule has 0 saturated carbocycles. The number of piperidine rings is 1. The summed E-state index contributed by atoms with van der Waals surface area (Å²) in [5.41, 5.74) is 2.89. The number of para-hydroxylation sites is 1. The van der Waals surface area contributed by atoms with Crippen LogP contribution in [0.5, 0.6) is 0 Å². The maximum Gasteiger partial charge on any atom is 0.256 e. The molecule has 146 valence electrons.